The number of hydrogen-bond acceptors (Lipinski definition) is 3. The zero-order valence-electron chi connectivity index (χ0n) is 7.91. The summed E-state index contributed by atoms with van der Waals surface area (Å²) in [6, 6.07) is 3.22. The molecule has 2 aromatic rings. The summed E-state index contributed by atoms with van der Waals surface area (Å²) in [5.74, 6) is -0.0827. The van der Waals surface area contributed by atoms with Crippen molar-refractivity contribution < 1.29 is 4.39 Å². The maximum absolute atomic E-state index is 13.4. The van der Waals surface area contributed by atoms with Crippen molar-refractivity contribution in [3.63, 3.8) is 0 Å². The van der Waals surface area contributed by atoms with Crippen LogP contribution in [0.15, 0.2) is 22.8 Å². The van der Waals surface area contributed by atoms with E-state index in [1.54, 1.807) is 19.2 Å². The Bertz CT molecular complexity index is 489. The van der Waals surface area contributed by atoms with Gasteiger partial charge in [-0.2, -0.15) is 9.49 Å². The van der Waals surface area contributed by atoms with Gasteiger partial charge in [0.2, 0.25) is 5.95 Å². The molecule has 0 spiro atoms. The van der Waals surface area contributed by atoms with Crippen LogP contribution in [0, 0.1) is 5.95 Å². The van der Waals surface area contributed by atoms with Crippen molar-refractivity contribution in [3.8, 4) is 11.3 Å². The molecule has 0 aliphatic carbocycles. The Labute approximate surface area is 94.1 Å². The van der Waals surface area contributed by atoms with Crippen molar-refractivity contribution in [2.24, 2.45) is 7.05 Å². The molecule has 0 bridgehead atoms. The summed E-state index contributed by atoms with van der Waals surface area (Å²) in [5, 5.41) is 4.07. The number of aromatic nitrogens is 3. The van der Waals surface area contributed by atoms with Gasteiger partial charge < -0.3 is 5.73 Å². The molecule has 2 heterocycles. The van der Waals surface area contributed by atoms with E-state index < -0.39 is 5.95 Å². The molecule has 0 aliphatic heterocycles. The zero-order valence-corrected chi connectivity index (χ0v) is 9.49. The van der Waals surface area contributed by atoms with Crippen LogP contribution in [0.5, 0.6) is 0 Å². The molecule has 2 aromatic heterocycles. The summed E-state index contributed by atoms with van der Waals surface area (Å²) < 4.78 is 15.6. The standard InChI is InChI=1S/C9H8BrFN4/c1-15-8(12)3-7(14-15)6-2-5(10)4-13-9(6)11/h2-4H,12H2,1H3. The first-order chi connectivity index (χ1) is 7.08. The molecule has 2 rings (SSSR count). The van der Waals surface area contributed by atoms with Crippen LogP contribution in [-0.4, -0.2) is 14.8 Å². The van der Waals surface area contributed by atoms with Gasteiger partial charge in [0.1, 0.15) is 5.82 Å². The van der Waals surface area contributed by atoms with E-state index in [2.05, 4.69) is 26.0 Å². The molecule has 0 aliphatic rings. The second kappa shape index (κ2) is 3.62. The third-order valence-corrected chi connectivity index (χ3v) is 2.43. The number of halogens is 2. The summed E-state index contributed by atoms with van der Waals surface area (Å²) >= 11 is 3.22. The number of aryl methyl sites for hydroxylation is 1. The molecule has 0 saturated carbocycles. The molecule has 15 heavy (non-hydrogen) atoms. The highest BCUT2D eigenvalue weighted by atomic mass is 79.9. The lowest BCUT2D eigenvalue weighted by Gasteiger charge is -1.98. The van der Waals surface area contributed by atoms with Gasteiger partial charge in [-0.15, -0.1) is 0 Å². The van der Waals surface area contributed by atoms with Gasteiger partial charge >= 0.3 is 0 Å². The van der Waals surface area contributed by atoms with Gasteiger partial charge in [-0.25, -0.2) is 4.98 Å². The van der Waals surface area contributed by atoms with Crippen LogP contribution in [0.4, 0.5) is 10.2 Å². The SMILES string of the molecule is Cn1nc(-c2cc(Br)cnc2F)cc1N. The van der Waals surface area contributed by atoms with Gasteiger partial charge in [0.25, 0.3) is 0 Å². The van der Waals surface area contributed by atoms with Crippen LogP contribution in [-0.2, 0) is 7.05 Å². The monoisotopic (exact) mass is 270 g/mol. The Morgan fingerprint density at radius 3 is 2.80 bits per heavy atom. The highest BCUT2D eigenvalue weighted by Gasteiger charge is 2.11. The van der Waals surface area contributed by atoms with Crippen LogP contribution in [0.2, 0.25) is 0 Å². The number of nitrogens with two attached hydrogens (primary N) is 1. The van der Waals surface area contributed by atoms with Gasteiger partial charge in [0, 0.05) is 23.8 Å². The predicted octanol–water partition coefficient (Wildman–Crippen LogP) is 1.97. The molecule has 0 atom stereocenters. The average molecular weight is 271 g/mol. The molecule has 0 fully saturated rings. The average Bonchev–Trinajstić information content (AvgIpc) is 2.51. The molecule has 4 nitrogen and oxygen atoms in total. The molecule has 0 amide bonds. The molecule has 6 heteroatoms. The van der Waals surface area contributed by atoms with Gasteiger partial charge in [-0.05, 0) is 22.0 Å². The minimum Gasteiger partial charge on any atom is -0.384 e. The maximum atomic E-state index is 13.4. The van der Waals surface area contributed by atoms with Crippen LogP contribution in [0.3, 0.4) is 0 Å². The number of hydrogen-bond donors (Lipinski definition) is 1. The van der Waals surface area contributed by atoms with Gasteiger partial charge in [-0.3, -0.25) is 4.68 Å². The van der Waals surface area contributed by atoms with Gasteiger partial charge in [0.05, 0.1) is 11.3 Å². The van der Waals surface area contributed by atoms with Crippen LogP contribution in [0.25, 0.3) is 11.3 Å². The summed E-state index contributed by atoms with van der Waals surface area (Å²) in [5.41, 5.74) is 6.42. The van der Waals surface area contributed by atoms with E-state index in [-0.39, 0.29) is 0 Å². The fraction of sp³-hybridized carbons (Fsp3) is 0.111. The highest BCUT2D eigenvalue weighted by molar-refractivity contribution is 9.10. The second-order valence-electron chi connectivity index (χ2n) is 3.07. The fourth-order valence-electron chi connectivity index (χ4n) is 1.22. The maximum Gasteiger partial charge on any atom is 0.222 e. The number of pyridine rings is 1. The Balaban J connectivity index is 2.58. The lowest BCUT2D eigenvalue weighted by molar-refractivity contribution is 0.586. The molecular formula is C9H8BrFN4. The highest BCUT2D eigenvalue weighted by Crippen LogP contribution is 2.24. The van der Waals surface area contributed by atoms with E-state index in [9.17, 15) is 4.39 Å². The van der Waals surface area contributed by atoms with Crippen LogP contribution < -0.4 is 5.73 Å². The summed E-state index contributed by atoms with van der Waals surface area (Å²) in [6.45, 7) is 0. The number of nitrogens with zero attached hydrogens (tertiary/aromatic N) is 3. The molecule has 78 valence electrons. The fourth-order valence-corrected chi connectivity index (χ4v) is 1.55. The van der Waals surface area contributed by atoms with E-state index in [1.165, 1.54) is 10.9 Å². The third kappa shape index (κ3) is 1.85. The third-order valence-electron chi connectivity index (χ3n) is 2.00. The van der Waals surface area contributed by atoms with Crippen molar-refractivity contribution >= 4 is 21.7 Å². The Hall–Kier alpha value is -1.43. The first kappa shape index (κ1) is 10.1. The van der Waals surface area contributed by atoms with Crippen molar-refractivity contribution in [1.82, 2.24) is 14.8 Å². The summed E-state index contributed by atoms with van der Waals surface area (Å²) in [6.07, 6.45) is 1.39. The lowest BCUT2D eigenvalue weighted by atomic mass is 10.2. The first-order valence-electron chi connectivity index (χ1n) is 4.19. The second-order valence-corrected chi connectivity index (χ2v) is 3.99. The van der Waals surface area contributed by atoms with Crippen LogP contribution >= 0.6 is 15.9 Å². The molecule has 0 radical (unpaired) electrons. The topological polar surface area (TPSA) is 56.7 Å². The quantitative estimate of drug-likeness (QED) is 0.807. The van der Waals surface area contributed by atoms with Crippen molar-refractivity contribution in [2.75, 3.05) is 5.73 Å². The predicted molar refractivity (Wildman–Crippen MR) is 58.5 cm³/mol. The Morgan fingerprint density at radius 1 is 1.47 bits per heavy atom. The van der Waals surface area contributed by atoms with Crippen molar-refractivity contribution in [1.29, 1.82) is 0 Å². The van der Waals surface area contributed by atoms with Crippen molar-refractivity contribution in [3.05, 3.63) is 28.7 Å². The number of nitrogen functional groups attached to an aromatic ring is 1. The first-order valence-corrected chi connectivity index (χ1v) is 4.98. The van der Waals surface area contributed by atoms with E-state index in [0.717, 1.165) is 0 Å². The van der Waals surface area contributed by atoms with E-state index in [4.69, 9.17) is 5.73 Å². The Kier molecular flexibility index (Phi) is 2.44. The normalized spacial score (nSPS) is 10.6. The summed E-state index contributed by atoms with van der Waals surface area (Å²) in [7, 11) is 1.70. The van der Waals surface area contributed by atoms with Crippen molar-refractivity contribution in [2.45, 2.75) is 0 Å². The minimum atomic E-state index is -0.559. The van der Waals surface area contributed by atoms with E-state index in [1.807, 2.05) is 0 Å². The molecule has 0 saturated heterocycles. The molecule has 2 N–H and O–H groups in total. The largest absolute Gasteiger partial charge is 0.384 e. The number of anilines is 1. The van der Waals surface area contributed by atoms with E-state index >= 15 is 0 Å². The van der Waals surface area contributed by atoms with Gasteiger partial charge in [0.15, 0.2) is 0 Å². The minimum absolute atomic E-state index is 0.330. The molecule has 0 unspecified atom stereocenters. The summed E-state index contributed by atoms with van der Waals surface area (Å²) in [4.78, 5) is 3.59. The lowest BCUT2D eigenvalue weighted by Crippen LogP contribution is -1.97. The van der Waals surface area contributed by atoms with E-state index in [0.29, 0.717) is 21.5 Å². The number of rotatable bonds is 1. The zero-order chi connectivity index (χ0) is 11.0. The molecule has 0 aromatic carbocycles. The smallest absolute Gasteiger partial charge is 0.222 e. The van der Waals surface area contributed by atoms with Gasteiger partial charge in [-0.1, -0.05) is 0 Å². The Morgan fingerprint density at radius 2 is 2.20 bits per heavy atom. The molecular weight excluding hydrogens is 263 g/mol. The van der Waals surface area contributed by atoms with Crippen LogP contribution in [0.1, 0.15) is 0 Å².